The highest BCUT2D eigenvalue weighted by atomic mass is 79.9. The van der Waals surface area contributed by atoms with Crippen molar-refractivity contribution in [1.29, 1.82) is 0 Å². The molecule has 1 heterocycles. The normalized spacial score (nSPS) is 16.5. The minimum absolute atomic E-state index is 0.156. The summed E-state index contributed by atoms with van der Waals surface area (Å²) in [6.07, 6.45) is -2.42. The molecule has 0 fully saturated rings. The van der Waals surface area contributed by atoms with E-state index in [9.17, 15) is 22.0 Å². The van der Waals surface area contributed by atoms with Gasteiger partial charge in [0.05, 0.1) is 17.3 Å². The summed E-state index contributed by atoms with van der Waals surface area (Å²) in [5.41, 5.74) is 4.06. The van der Waals surface area contributed by atoms with Crippen LogP contribution in [-0.2, 0) is 0 Å². The molecule has 0 amide bonds. The van der Waals surface area contributed by atoms with Crippen molar-refractivity contribution in [1.82, 2.24) is 0 Å². The molecule has 2 nitrogen and oxygen atoms in total. The average molecular weight is 584 g/mol. The molecule has 4 aromatic carbocycles. The van der Waals surface area contributed by atoms with Crippen molar-refractivity contribution < 1.29 is 26.7 Å². The van der Waals surface area contributed by atoms with Gasteiger partial charge in [0.1, 0.15) is 17.4 Å². The molecule has 8 heteroatoms. The molecular weight excluding hydrogens is 565 g/mol. The molecule has 1 atom stereocenters. The molecule has 0 radical (unpaired) electrons. The van der Waals surface area contributed by atoms with Crippen molar-refractivity contribution in [3.05, 3.63) is 129 Å². The van der Waals surface area contributed by atoms with Crippen LogP contribution in [0, 0.1) is 11.6 Å². The zero-order valence-corrected chi connectivity index (χ0v) is 21.2. The molecule has 0 saturated heterocycles. The van der Waals surface area contributed by atoms with Crippen LogP contribution in [0.1, 0.15) is 29.2 Å². The number of rotatable bonds is 5. The van der Waals surface area contributed by atoms with E-state index >= 15 is 0 Å². The third kappa shape index (κ3) is 5.86. The third-order valence-electron chi connectivity index (χ3n) is 6.13. The van der Waals surface area contributed by atoms with Crippen molar-refractivity contribution in [3.8, 4) is 16.9 Å². The molecule has 0 N–H and O–H groups in total. The number of benzene rings is 4. The molecule has 0 aliphatic carbocycles. The van der Waals surface area contributed by atoms with Crippen molar-refractivity contribution in [2.75, 3.05) is 0 Å². The van der Waals surface area contributed by atoms with Gasteiger partial charge in [-0.05, 0) is 70.3 Å². The Morgan fingerprint density at radius 2 is 1.37 bits per heavy atom. The van der Waals surface area contributed by atoms with Gasteiger partial charge in [-0.15, -0.1) is 13.2 Å². The van der Waals surface area contributed by atoms with Crippen LogP contribution in [0.4, 0.5) is 22.0 Å². The van der Waals surface area contributed by atoms with E-state index in [0.717, 1.165) is 21.2 Å². The second-order valence-corrected chi connectivity index (χ2v) is 9.63. The molecule has 1 aliphatic rings. The van der Waals surface area contributed by atoms with Gasteiger partial charge in [0, 0.05) is 10.9 Å². The van der Waals surface area contributed by atoms with E-state index < -0.39 is 18.0 Å². The van der Waals surface area contributed by atoms with E-state index in [1.165, 1.54) is 30.3 Å². The van der Waals surface area contributed by atoms with Gasteiger partial charge in [0.2, 0.25) is 0 Å². The maximum atomic E-state index is 14.7. The molecule has 0 spiro atoms. The second-order valence-electron chi connectivity index (χ2n) is 8.71. The summed E-state index contributed by atoms with van der Waals surface area (Å²) in [6, 6.07) is 24.0. The lowest BCUT2D eigenvalue weighted by molar-refractivity contribution is -0.274. The maximum absolute atomic E-state index is 14.7. The predicted octanol–water partition coefficient (Wildman–Crippen LogP) is 9.31. The van der Waals surface area contributed by atoms with Crippen molar-refractivity contribution in [2.45, 2.75) is 18.8 Å². The van der Waals surface area contributed by atoms with Crippen LogP contribution in [0.5, 0.6) is 5.75 Å². The average Bonchev–Trinajstić information content (AvgIpc) is 3.28. The van der Waals surface area contributed by atoms with Crippen molar-refractivity contribution in [3.63, 3.8) is 0 Å². The lowest BCUT2D eigenvalue weighted by Gasteiger charge is -2.11. The number of ether oxygens (including phenoxy) is 1. The Labute approximate surface area is 224 Å². The van der Waals surface area contributed by atoms with Gasteiger partial charge in [-0.1, -0.05) is 70.5 Å². The van der Waals surface area contributed by atoms with Gasteiger partial charge in [0.15, 0.2) is 0 Å². The molecule has 5 rings (SSSR count). The van der Waals surface area contributed by atoms with Crippen LogP contribution in [0.25, 0.3) is 17.2 Å². The molecule has 0 saturated carbocycles. The molecule has 38 heavy (non-hydrogen) atoms. The molecule has 1 aliphatic heterocycles. The SMILES string of the molecule is Fc1cccc(F)c1C1=NC(c2ccc(-c3ccc(OC(F)(F)F)cc3)cc2)C/C1=C\c1ccc(Br)cc1. The van der Waals surface area contributed by atoms with E-state index in [-0.39, 0.29) is 23.1 Å². The third-order valence-corrected chi connectivity index (χ3v) is 6.66. The van der Waals surface area contributed by atoms with Crippen molar-refractivity contribution in [2.24, 2.45) is 4.99 Å². The lowest BCUT2D eigenvalue weighted by atomic mass is 9.95. The van der Waals surface area contributed by atoms with Gasteiger partial charge in [0.25, 0.3) is 0 Å². The van der Waals surface area contributed by atoms with Crippen LogP contribution in [-0.4, -0.2) is 12.1 Å². The van der Waals surface area contributed by atoms with Gasteiger partial charge < -0.3 is 4.74 Å². The van der Waals surface area contributed by atoms with Crippen LogP contribution in [0.2, 0.25) is 0 Å². The highest BCUT2D eigenvalue weighted by Crippen LogP contribution is 2.38. The number of aliphatic imine (C=N–C) groups is 1. The lowest BCUT2D eigenvalue weighted by Crippen LogP contribution is -2.16. The molecule has 4 aromatic rings. The zero-order chi connectivity index (χ0) is 26.9. The number of nitrogens with zero attached hydrogens (tertiary/aromatic N) is 1. The summed E-state index contributed by atoms with van der Waals surface area (Å²) in [4.78, 5) is 4.73. The summed E-state index contributed by atoms with van der Waals surface area (Å²) in [5, 5.41) is 0. The maximum Gasteiger partial charge on any atom is 0.573 e. The van der Waals surface area contributed by atoms with E-state index in [0.29, 0.717) is 17.6 Å². The van der Waals surface area contributed by atoms with E-state index in [1.807, 2.05) is 54.6 Å². The predicted molar refractivity (Wildman–Crippen MR) is 141 cm³/mol. The monoisotopic (exact) mass is 583 g/mol. The topological polar surface area (TPSA) is 21.6 Å². The minimum Gasteiger partial charge on any atom is -0.406 e. The van der Waals surface area contributed by atoms with Gasteiger partial charge in [-0.25, -0.2) is 8.78 Å². The number of hydrogen-bond acceptors (Lipinski definition) is 2. The molecule has 1 unspecified atom stereocenters. The Kier molecular flexibility index (Phi) is 7.17. The van der Waals surface area contributed by atoms with Gasteiger partial charge in [-0.3, -0.25) is 4.99 Å². The van der Waals surface area contributed by atoms with Crippen LogP contribution >= 0.6 is 15.9 Å². The smallest absolute Gasteiger partial charge is 0.406 e. The van der Waals surface area contributed by atoms with Crippen LogP contribution < -0.4 is 4.74 Å². The zero-order valence-electron chi connectivity index (χ0n) is 19.6. The quantitative estimate of drug-likeness (QED) is 0.214. The Balaban J connectivity index is 1.45. The van der Waals surface area contributed by atoms with E-state index in [1.54, 1.807) is 12.1 Å². The molecular formula is C30H19BrF5NO. The van der Waals surface area contributed by atoms with E-state index in [4.69, 9.17) is 4.99 Å². The Morgan fingerprint density at radius 1 is 0.789 bits per heavy atom. The van der Waals surface area contributed by atoms with E-state index in [2.05, 4.69) is 20.7 Å². The summed E-state index contributed by atoms with van der Waals surface area (Å²) in [6.45, 7) is 0. The largest absolute Gasteiger partial charge is 0.573 e. The molecule has 192 valence electrons. The first-order valence-electron chi connectivity index (χ1n) is 11.6. The number of hydrogen-bond donors (Lipinski definition) is 0. The Hall–Kier alpha value is -3.78. The molecule has 0 bridgehead atoms. The standard InChI is InChI=1S/C30H19BrF5NO/c31-23-12-4-18(5-13-23)16-22-17-27(37-29(22)28-25(32)2-1-3-26(28)33)21-8-6-19(7-9-21)20-10-14-24(15-11-20)38-30(34,35)36/h1-16,27H,17H2/b22-16+. The fraction of sp³-hybridized carbons (Fsp3) is 0.100. The van der Waals surface area contributed by atoms with Gasteiger partial charge in [-0.2, -0.15) is 0 Å². The Bertz CT molecular complexity index is 1490. The minimum atomic E-state index is -4.75. The van der Waals surface area contributed by atoms with Crippen LogP contribution in [0.15, 0.2) is 106 Å². The number of halogens is 6. The number of alkyl halides is 3. The fourth-order valence-corrected chi connectivity index (χ4v) is 4.63. The first-order chi connectivity index (χ1) is 18.2. The second kappa shape index (κ2) is 10.5. The fourth-order valence-electron chi connectivity index (χ4n) is 4.37. The highest BCUT2D eigenvalue weighted by molar-refractivity contribution is 9.10. The first-order valence-corrected chi connectivity index (χ1v) is 12.4. The summed E-state index contributed by atoms with van der Waals surface area (Å²) in [7, 11) is 0. The van der Waals surface area contributed by atoms with Crippen LogP contribution in [0.3, 0.4) is 0 Å². The van der Waals surface area contributed by atoms with Gasteiger partial charge >= 0.3 is 6.36 Å². The summed E-state index contributed by atoms with van der Waals surface area (Å²) in [5.74, 6) is -1.66. The Morgan fingerprint density at radius 3 is 1.95 bits per heavy atom. The van der Waals surface area contributed by atoms with Crippen molar-refractivity contribution >= 4 is 27.7 Å². The first kappa shape index (κ1) is 25.9. The summed E-state index contributed by atoms with van der Waals surface area (Å²) < 4.78 is 71.6. The summed E-state index contributed by atoms with van der Waals surface area (Å²) >= 11 is 3.41. The highest BCUT2D eigenvalue weighted by Gasteiger charge is 2.31. The molecule has 0 aromatic heterocycles.